The zero-order chi connectivity index (χ0) is 12.9. The summed E-state index contributed by atoms with van der Waals surface area (Å²) in [5.41, 5.74) is 0.303. The van der Waals surface area contributed by atoms with Gasteiger partial charge in [0.15, 0.2) is 5.78 Å². The van der Waals surface area contributed by atoms with Crippen molar-refractivity contribution in [3.63, 3.8) is 0 Å². The van der Waals surface area contributed by atoms with Gasteiger partial charge in [-0.2, -0.15) is 0 Å². The fourth-order valence-electron chi connectivity index (χ4n) is 2.28. The van der Waals surface area contributed by atoms with E-state index in [1.165, 1.54) is 24.3 Å². The van der Waals surface area contributed by atoms with Gasteiger partial charge in [-0.3, -0.25) is 19.3 Å². The number of rotatable bonds is 3. The van der Waals surface area contributed by atoms with Crippen molar-refractivity contribution in [1.82, 2.24) is 4.90 Å². The lowest BCUT2D eigenvalue weighted by Crippen LogP contribution is -2.37. The van der Waals surface area contributed by atoms with E-state index < -0.39 is 5.82 Å². The molecule has 2 fully saturated rings. The molecule has 0 spiro atoms. The zero-order valence-electron chi connectivity index (χ0n) is 9.43. The summed E-state index contributed by atoms with van der Waals surface area (Å²) in [6, 6.07) is 5.06. The number of hydrogen-bond acceptors (Lipinski definition) is 3. The molecule has 18 heavy (non-hydrogen) atoms. The fourth-order valence-corrected chi connectivity index (χ4v) is 2.28. The van der Waals surface area contributed by atoms with Gasteiger partial charge >= 0.3 is 0 Å². The molecule has 0 aromatic heterocycles. The van der Waals surface area contributed by atoms with Gasteiger partial charge in [0.25, 0.3) is 0 Å². The van der Waals surface area contributed by atoms with E-state index >= 15 is 0 Å². The third-order valence-electron chi connectivity index (χ3n) is 3.42. The number of carbonyl (C=O) groups excluding carboxylic acids is 3. The van der Waals surface area contributed by atoms with Crippen molar-refractivity contribution in [2.45, 2.75) is 6.42 Å². The minimum absolute atomic E-state index is 0.196. The molecule has 1 aliphatic heterocycles. The van der Waals surface area contributed by atoms with Crippen molar-refractivity contribution >= 4 is 17.6 Å². The fraction of sp³-hybridized carbons (Fsp3) is 0.308. The van der Waals surface area contributed by atoms with Gasteiger partial charge in [0.2, 0.25) is 11.8 Å². The van der Waals surface area contributed by atoms with Crippen molar-refractivity contribution in [3.8, 4) is 0 Å². The molecular formula is C13H10FNO3. The Morgan fingerprint density at radius 1 is 1.17 bits per heavy atom. The number of ketones is 1. The summed E-state index contributed by atoms with van der Waals surface area (Å²) in [5.74, 6) is -1.67. The molecule has 2 aliphatic rings. The van der Waals surface area contributed by atoms with Crippen molar-refractivity contribution in [1.29, 1.82) is 0 Å². The van der Waals surface area contributed by atoms with Crippen LogP contribution in [-0.2, 0) is 9.59 Å². The van der Waals surface area contributed by atoms with Crippen LogP contribution in [0.25, 0.3) is 0 Å². The molecule has 92 valence electrons. The predicted octanol–water partition coefficient (Wildman–Crippen LogP) is 1.01. The molecule has 4 nitrogen and oxygen atoms in total. The highest BCUT2D eigenvalue weighted by Gasteiger charge is 2.58. The van der Waals surface area contributed by atoms with Crippen molar-refractivity contribution in [2.24, 2.45) is 11.8 Å². The van der Waals surface area contributed by atoms with E-state index in [2.05, 4.69) is 0 Å². The maximum absolute atomic E-state index is 12.7. The second-order valence-corrected chi connectivity index (χ2v) is 4.64. The maximum atomic E-state index is 12.7. The number of hydrogen-bond donors (Lipinski definition) is 0. The van der Waals surface area contributed by atoms with Crippen LogP contribution in [0.15, 0.2) is 24.3 Å². The number of imide groups is 1. The summed E-state index contributed by atoms with van der Waals surface area (Å²) in [6.07, 6.45) is 0.624. The normalized spacial score (nSPS) is 25.3. The van der Waals surface area contributed by atoms with Gasteiger partial charge in [0.05, 0.1) is 18.4 Å². The largest absolute Gasteiger partial charge is 0.292 e. The van der Waals surface area contributed by atoms with Crippen LogP contribution in [-0.4, -0.2) is 29.0 Å². The molecule has 1 aromatic rings. The van der Waals surface area contributed by atoms with Crippen LogP contribution < -0.4 is 0 Å². The summed E-state index contributed by atoms with van der Waals surface area (Å²) < 4.78 is 12.7. The minimum Gasteiger partial charge on any atom is -0.292 e. The van der Waals surface area contributed by atoms with Crippen LogP contribution >= 0.6 is 0 Å². The van der Waals surface area contributed by atoms with Crippen molar-refractivity contribution in [3.05, 3.63) is 35.6 Å². The molecule has 1 saturated carbocycles. The number of nitrogens with zero attached hydrogens (tertiary/aromatic N) is 1. The molecule has 1 saturated heterocycles. The summed E-state index contributed by atoms with van der Waals surface area (Å²) in [7, 11) is 0. The van der Waals surface area contributed by atoms with Crippen molar-refractivity contribution < 1.29 is 18.8 Å². The molecule has 0 radical (unpaired) electrons. The Morgan fingerprint density at radius 2 is 1.72 bits per heavy atom. The van der Waals surface area contributed by atoms with Gasteiger partial charge in [-0.15, -0.1) is 0 Å². The average Bonchev–Trinajstić information content (AvgIpc) is 3.10. The highest BCUT2D eigenvalue weighted by molar-refractivity contribution is 6.12. The predicted molar refractivity (Wildman–Crippen MR) is 59.0 cm³/mol. The quantitative estimate of drug-likeness (QED) is 0.591. The lowest BCUT2D eigenvalue weighted by atomic mass is 10.1. The number of fused-ring (bicyclic) bond motifs is 1. The van der Waals surface area contributed by atoms with Gasteiger partial charge in [-0.05, 0) is 30.7 Å². The Hall–Kier alpha value is -2.04. The first kappa shape index (κ1) is 11.1. The second-order valence-electron chi connectivity index (χ2n) is 4.64. The molecular weight excluding hydrogens is 237 g/mol. The number of Topliss-reactive ketones (excluding diaryl/α,β-unsaturated/α-hetero) is 1. The van der Waals surface area contributed by atoms with Crippen LogP contribution in [0, 0.1) is 17.7 Å². The molecule has 5 heteroatoms. The number of likely N-dealkylation sites (tertiary alicyclic amines) is 1. The van der Waals surface area contributed by atoms with E-state index in [4.69, 9.17) is 0 Å². The molecule has 1 heterocycles. The van der Waals surface area contributed by atoms with E-state index in [0.717, 1.165) is 4.90 Å². The summed E-state index contributed by atoms with van der Waals surface area (Å²) >= 11 is 0. The van der Waals surface area contributed by atoms with Crippen LogP contribution in [0.3, 0.4) is 0 Å². The van der Waals surface area contributed by atoms with E-state index in [9.17, 15) is 18.8 Å². The number of amides is 2. The number of halogens is 1. The van der Waals surface area contributed by atoms with Crippen LogP contribution in [0.4, 0.5) is 4.39 Å². The highest BCUT2D eigenvalue weighted by Crippen LogP contribution is 2.46. The lowest BCUT2D eigenvalue weighted by molar-refractivity contribution is -0.140. The molecule has 3 rings (SSSR count). The SMILES string of the molecule is O=C(CN1C(=O)[C@H]2C[C@H]2C1=O)c1ccc(F)cc1. The first-order valence-electron chi connectivity index (χ1n) is 5.72. The first-order valence-corrected chi connectivity index (χ1v) is 5.72. The van der Waals surface area contributed by atoms with Gasteiger partial charge in [0.1, 0.15) is 5.82 Å². The molecule has 1 aliphatic carbocycles. The summed E-state index contributed by atoms with van der Waals surface area (Å²) in [6.45, 7) is -0.240. The molecule has 0 N–H and O–H groups in total. The van der Waals surface area contributed by atoms with Gasteiger partial charge < -0.3 is 0 Å². The third-order valence-corrected chi connectivity index (χ3v) is 3.42. The van der Waals surface area contributed by atoms with Gasteiger partial charge in [-0.1, -0.05) is 0 Å². The van der Waals surface area contributed by atoms with Crippen molar-refractivity contribution in [2.75, 3.05) is 6.54 Å². The first-order chi connectivity index (χ1) is 8.58. The standard InChI is InChI=1S/C13H10FNO3/c14-8-3-1-7(2-4-8)11(16)6-15-12(17)9-5-10(9)13(15)18/h1-4,9-10H,5-6H2/t9-,10+. The van der Waals surface area contributed by atoms with E-state index in [-0.39, 0.29) is 36.0 Å². The molecule has 1 aromatic carbocycles. The topological polar surface area (TPSA) is 54.5 Å². The highest BCUT2D eigenvalue weighted by atomic mass is 19.1. The number of piperidine rings is 1. The van der Waals surface area contributed by atoms with Gasteiger partial charge in [-0.25, -0.2) is 4.39 Å². The van der Waals surface area contributed by atoms with Crippen LogP contribution in [0.1, 0.15) is 16.8 Å². The average molecular weight is 247 g/mol. The Balaban J connectivity index is 1.73. The third kappa shape index (κ3) is 1.63. The van der Waals surface area contributed by atoms with Gasteiger partial charge in [0, 0.05) is 5.56 Å². The lowest BCUT2D eigenvalue weighted by Gasteiger charge is -2.15. The zero-order valence-corrected chi connectivity index (χ0v) is 9.43. The van der Waals surface area contributed by atoms with E-state index in [1.807, 2.05) is 0 Å². The molecule has 0 bridgehead atoms. The molecule has 0 unspecified atom stereocenters. The number of benzene rings is 1. The Kier molecular flexibility index (Phi) is 2.29. The maximum Gasteiger partial charge on any atom is 0.233 e. The monoisotopic (exact) mass is 247 g/mol. The summed E-state index contributed by atoms with van der Waals surface area (Å²) in [5, 5.41) is 0. The molecule has 2 amide bonds. The Labute approximate surface area is 102 Å². The molecule has 2 atom stereocenters. The Morgan fingerprint density at radius 3 is 2.28 bits per heavy atom. The minimum atomic E-state index is -0.430. The number of carbonyl (C=O) groups is 3. The Bertz CT molecular complexity index is 532. The van der Waals surface area contributed by atoms with E-state index in [1.54, 1.807) is 0 Å². The smallest absolute Gasteiger partial charge is 0.233 e. The summed E-state index contributed by atoms with van der Waals surface area (Å²) in [4.78, 5) is 36.2. The second kappa shape index (κ2) is 3.73. The van der Waals surface area contributed by atoms with Crippen LogP contribution in [0.2, 0.25) is 0 Å². The van der Waals surface area contributed by atoms with Crippen LogP contribution in [0.5, 0.6) is 0 Å². The van der Waals surface area contributed by atoms with E-state index in [0.29, 0.717) is 12.0 Å².